The Hall–Kier alpha value is -2.32. The van der Waals surface area contributed by atoms with Crippen molar-refractivity contribution in [3.8, 4) is 0 Å². The first kappa shape index (κ1) is 17.5. The van der Waals surface area contributed by atoms with Gasteiger partial charge in [-0.15, -0.1) is 0 Å². The molecular weight excluding hydrogens is 350 g/mol. The van der Waals surface area contributed by atoms with E-state index in [1.165, 1.54) is 41.3 Å². The number of nitrogens with one attached hydrogen (secondary N) is 1. The second kappa shape index (κ2) is 6.89. The molecule has 25 heavy (non-hydrogen) atoms. The lowest BCUT2D eigenvalue weighted by Gasteiger charge is -2.17. The number of hydrogen-bond donors (Lipinski definition) is 1. The largest absolute Gasteiger partial charge is 0.312 e. The molecule has 5 nitrogen and oxygen atoms in total. The summed E-state index contributed by atoms with van der Waals surface area (Å²) in [5.74, 6) is -1.25. The highest BCUT2D eigenvalue weighted by Gasteiger charge is 2.31. The summed E-state index contributed by atoms with van der Waals surface area (Å²) in [5, 5.41) is 0. The Morgan fingerprint density at radius 2 is 1.56 bits per heavy atom. The predicted octanol–water partition coefficient (Wildman–Crippen LogP) is 2.30. The number of hydrogen-bond acceptors (Lipinski definition) is 3. The molecule has 1 N–H and O–H groups in total. The smallest absolute Gasteiger partial charge is 0.240 e. The van der Waals surface area contributed by atoms with Crippen molar-refractivity contribution in [1.82, 2.24) is 4.72 Å². The monoisotopic (exact) mass is 366 g/mol. The van der Waals surface area contributed by atoms with Gasteiger partial charge in [0.2, 0.25) is 15.9 Å². The molecule has 0 radical (unpaired) electrons. The molecule has 3 rings (SSSR count). The van der Waals surface area contributed by atoms with E-state index in [1.54, 1.807) is 0 Å². The fourth-order valence-corrected chi connectivity index (χ4v) is 3.83. The molecule has 2 aromatic carbocycles. The zero-order valence-corrected chi connectivity index (χ0v) is 14.0. The Bertz CT molecular complexity index is 868. The first-order valence-corrected chi connectivity index (χ1v) is 9.14. The standard InChI is InChI=1S/C17H16F2N2O3S/c18-13-1-5-15(6-2-13)21-11-12(9-17(21)22)10-20-25(23,24)16-7-3-14(19)4-8-16/h1-8,12,20H,9-11H2. The molecule has 1 aliphatic rings. The number of carbonyl (C=O) groups is 1. The molecule has 1 saturated heterocycles. The maximum atomic E-state index is 13.0. The van der Waals surface area contributed by atoms with Crippen LogP contribution in [0.3, 0.4) is 0 Å². The minimum absolute atomic E-state index is 0.0337. The van der Waals surface area contributed by atoms with E-state index < -0.39 is 15.8 Å². The fourth-order valence-electron chi connectivity index (χ4n) is 2.71. The highest BCUT2D eigenvalue weighted by molar-refractivity contribution is 7.89. The first-order valence-electron chi connectivity index (χ1n) is 7.66. The number of amides is 1. The van der Waals surface area contributed by atoms with Gasteiger partial charge in [-0.2, -0.15) is 0 Å². The van der Waals surface area contributed by atoms with E-state index in [-0.39, 0.29) is 35.5 Å². The number of halogens is 2. The average Bonchev–Trinajstić information content (AvgIpc) is 2.95. The van der Waals surface area contributed by atoms with Crippen molar-refractivity contribution in [2.75, 3.05) is 18.0 Å². The van der Waals surface area contributed by atoms with Gasteiger partial charge in [0, 0.05) is 25.2 Å². The maximum absolute atomic E-state index is 13.0. The van der Waals surface area contributed by atoms with E-state index in [4.69, 9.17) is 0 Å². The van der Waals surface area contributed by atoms with E-state index in [1.807, 2.05) is 0 Å². The molecular formula is C17H16F2N2O3S. The average molecular weight is 366 g/mol. The Kier molecular flexibility index (Phi) is 4.82. The molecule has 132 valence electrons. The molecule has 0 aromatic heterocycles. The molecule has 2 aromatic rings. The van der Waals surface area contributed by atoms with Crippen LogP contribution < -0.4 is 9.62 Å². The number of nitrogens with zero attached hydrogens (tertiary/aromatic N) is 1. The van der Waals surface area contributed by atoms with Gasteiger partial charge in [0.05, 0.1) is 4.90 Å². The van der Waals surface area contributed by atoms with E-state index in [0.717, 1.165) is 12.1 Å². The van der Waals surface area contributed by atoms with Crippen LogP contribution in [0.2, 0.25) is 0 Å². The van der Waals surface area contributed by atoms with E-state index >= 15 is 0 Å². The summed E-state index contributed by atoms with van der Waals surface area (Å²) in [6, 6.07) is 10.1. The van der Waals surface area contributed by atoms with Gasteiger partial charge in [0.25, 0.3) is 0 Å². The number of sulfonamides is 1. The third-order valence-electron chi connectivity index (χ3n) is 4.03. The van der Waals surface area contributed by atoms with Crippen LogP contribution in [0.1, 0.15) is 6.42 Å². The molecule has 0 bridgehead atoms. The first-order chi connectivity index (χ1) is 11.8. The lowest BCUT2D eigenvalue weighted by molar-refractivity contribution is -0.117. The Morgan fingerprint density at radius 1 is 1.00 bits per heavy atom. The minimum Gasteiger partial charge on any atom is -0.312 e. The second-order valence-electron chi connectivity index (χ2n) is 5.86. The molecule has 1 unspecified atom stereocenters. The van der Waals surface area contributed by atoms with Gasteiger partial charge in [-0.3, -0.25) is 4.79 Å². The van der Waals surface area contributed by atoms with Crippen molar-refractivity contribution in [1.29, 1.82) is 0 Å². The fraction of sp³-hybridized carbons (Fsp3) is 0.235. The SMILES string of the molecule is O=C1CC(CNS(=O)(=O)c2ccc(F)cc2)CN1c1ccc(F)cc1. The van der Waals surface area contributed by atoms with Crippen LogP contribution in [-0.4, -0.2) is 27.4 Å². The number of rotatable bonds is 5. The van der Waals surface area contributed by atoms with Gasteiger partial charge >= 0.3 is 0 Å². The van der Waals surface area contributed by atoms with Crippen LogP contribution in [0.25, 0.3) is 0 Å². The maximum Gasteiger partial charge on any atom is 0.240 e. The lowest BCUT2D eigenvalue weighted by atomic mass is 10.1. The Morgan fingerprint density at radius 3 is 2.16 bits per heavy atom. The second-order valence-corrected chi connectivity index (χ2v) is 7.62. The number of anilines is 1. The summed E-state index contributed by atoms with van der Waals surface area (Å²) >= 11 is 0. The summed E-state index contributed by atoms with van der Waals surface area (Å²) in [6.45, 7) is 0.430. The predicted molar refractivity (Wildman–Crippen MR) is 88.4 cm³/mol. The zero-order chi connectivity index (χ0) is 18.0. The van der Waals surface area contributed by atoms with Crippen molar-refractivity contribution >= 4 is 21.6 Å². The molecule has 1 amide bonds. The molecule has 1 aliphatic heterocycles. The van der Waals surface area contributed by atoms with Crippen LogP contribution in [0.15, 0.2) is 53.4 Å². The van der Waals surface area contributed by atoms with E-state index in [9.17, 15) is 22.0 Å². The van der Waals surface area contributed by atoms with Crippen LogP contribution in [0, 0.1) is 17.6 Å². The summed E-state index contributed by atoms with van der Waals surface area (Å²) < 4.78 is 52.7. The van der Waals surface area contributed by atoms with Gasteiger partial charge < -0.3 is 4.90 Å². The van der Waals surface area contributed by atoms with Crippen LogP contribution in [0.5, 0.6) is 0 Å². The summed E-state index contributed by atoms with van der Waals surface area (Å²) in [6.07, 6.45) is 0.198. The Labute approximate surface area is 144 Å². The van der Waals surface area contributed by atoms with Crippen LogP contribution >= 0.6 is 0 Å². The molecule has 0 aliphatic carbocycles. The highest BCUT2D eigenvalue weighted by Crippen LogP contribution is 2.25. The summed E-state index contributed by atoms with van der Waals surface area (Å²) in [5.41, 5.74) is 0.579. The topological polar surface area (TPSA) is 66.5 Å². The molecule has 1 heterocycles. The van der Waals surface area contributed by atoms with Crippen LogP contribution in [0.4, 0.5) is 14.5 Å². The Balaban J connectivity index is 1.63. The van der Waals surface area contributed by atoms with Gasteiger partial charge in [-0.05, 0) is 54.4 Å². The van der Waals surface area contributed by atoms with Crippen molar-refractivity contribution < 1.29 is 22.0 Å². The van der Waals surface area contributed by atoms with Crippen molar-refractivity contribution in [2.45, 2.75) is 11.3 Å². The van der Waals surface area contributed by atoms with E-state index in [0.29, 0.717) is 12.2 Å². The lowest BCUT2D eigenvalue weighted by Crippen LogP contribution is -2.31. The van der Waals surface area contributed by atoms with E-state index in [2.05, 4.69) is 4.72 Å². The minimum atomic E-state index is -3.77. The van der Waals surface area contributed by atoms with Gasteiger partial charge in [-0.25, -0.2) is 21.9 Å². The molecule has 0 saturated carbocycles. The third-order valence-corrected chi connectivity index (χ3v) is 5.47. The molecule has 0 spiro atoms. The quantitative estimate of drug-likeness (QED) is 0.883. The summed E-state index contributed by atoms with van der Waals surface area (Å²) in [7, 11) is -3.77. The molecule has 8 heteroatoms. The van der Waals surface area contributed by atoms with Gasteiger partial charge in [-0.1, -0.05) is 0 Å². The van der Waals surface area contributed by atoms with Crippen molar-refractivity contribution in [3.05, 3.63) is 60.2 Å². The van der Waals surface area contributed by atoms with Gasteiger partial charge in [0.1, 0.15) is 11.6 Å². The van der Waals surface area contributed by atoms with Crippen molar-refractivity contribution in [2.24, 2.45) is 5.92 Å². The molecule has 1 fully saturated rings. The number of carbonyl (C=O) groups excluding carboxylic acids is 1. The van der Waals surface area contributed by atoms with Crippen molar-refractivity contribution in [3.63, 3.8) is 0 Å². The highest BCUT2D eigenvalue weighted by atomic mass is 32.2. The summed E-state index contributed by atoms with van der Waals surface area (Å²) in [4.78, 5) is 13.6. The number of benzene rings is 2. The van der Waals surface area contributed by atoms with Gasteiger partial charge in [0.15, 0.2) is 0 Å². The zero-order valence-electron chi connectivity index (χ0n) is 13.2. The normalized spacial score (nSPS) is 17.9. The van der Waals surface area contributed by atoms with Crippen LogP contribution in [-0.2, 0) is 14.8 Å². The molecule has 1 atom stereocenters. The third kappa shape index (κ3) is 4.02.